The maximum atomic E-state index is 2.60. The monoisotopic (exact) mass is 1060 g/mol. The quantitative estimate of drug-likeness (QED) is 0.158. The molecule has 0 radical (unpaired) electrons. The lowest BCUT2D eigenvalue weighted by Crippen LogP contribution is -2.14. The van der Waals surface area contributed by atoms with E-state index in [0.29, 0.717) is 0 Å². The lowest BCUT2D eigenvalue weighted by molar-refractivity contribution is 0.590. The summed E-state index contributed by atoms with van der Waals surface area (Å²) in [7, 11) is 0. The summed E-state index contributed by atoms with van der Waals surface area (Å²) in [5, 5.41) is 12.4. The molecule has 14 aromatic rings. The number of rotatable bonds is 7. The van der Waals surface area contributed by atoms with Crippen molar-refractivity contribution in [3.63, 3.8) is 0 Å². The number of hydrogen-bond donors (Lipinski definition) is 0. The normalized spacial score (nSPS) is 12.9. The van der Waals surface area contributed by atoms with Gasteiger partial charge in [0, 0.05) is 72.1 Å². The van der Waals surface area contributed by atoms with Crippen LogP contribution < -0.4 is 9.80 Å². The average molecular weight is 1070 g/mol. The highest BCUT2D eigenvalue weighted by atomic mass is 15.1. The Kier molecular flexibility index (Phi) is 11.5. The lowest BCUT2D eigenvalue weighted by Gasteiger charge is -2.28. The minimum absolute atomic E-state index is 0.0431. The van der Waals surface area contributed by atoms with Crippen molar-refractivity contribution in [3.8, 4) is 5.69 Å². The molecule has 0 fully saturated rings. The first-order valence-corrected chi connectivity index (χ1v) is 29.3. The molecule has 0 aliphatic heterocycles. The molecule has 4 heteroatoms. The minimum Gasteiger partial charge on any atom is -0.310 e. The molecular weight excluding hydrogens is 993 g/mol. The summed E-state index contributed by atoms with van der Waals surface area (Å²) in [5.74, 6) is 0. The van der Waals surface area contributed by atoms with Gasteiger partial charge in [-0.1, -0.05) is 180 Å². The molecule has 0 unspecified atom stereocenters. The summed E-state index contributed by atoms with van der Waals surface area (Å²) >= 11 is 0. The van der Waals surface area contributed by atoms with Crippen molar-refractivity contribution in [2.45, 2.75) is 105 Å². The average Bonchev–Trinajstić information content (AvgIpc) is 2.25. The van der Waals surface area contributed by atoms with E-state index in [2.05, 4.69) is 320 Å². The number of fused-ring (bicyclic) bond motifs is 12. The summed E-state index contributed by atoms with van der Waals surface area (Å²) in [6, 6.07) is 83.1. The van der Waals surface area contributed by atoms with Crippen molar-refractivity contribution >= 4 is 116 Å². The lowest BCUT2D eigenvalue weighted by atomic mass is 9.86. The fourth-order valence-electron chi connectivity index (χ4n) is 13.0. The van der Waals surface area contributed by atoms with Crippen LogP contribution in [0, 0.1) is 0 Å². The van der Waals surface area contributed by atoms with Gasteiger partial charge in [-0.05, 0) is 187 Å². The molecule has 0 aliphatic rings. The second-order valence-corrected chi connectivity index (χ2v) is 27.2. The fourth-order valence-corrected chi connectivity index (χ4v) is 13.0. The molecule has 3 heterocycles. The Morgan fingerprint density at radius 2 is 0.659 bits per heavy atom. The van der Waals surface area contributed by atoms with Crippen molar-refractivity contribution in [1.29, 1.82) is 0 Å². The molecule has 11 aromatic carbocycles. The van der Waals surface area contributed by atoms with Crippen molar-refractivity contribution in [3.05, 3.63) is 241 Å². The summed E-state index contributed by atoms with van der Waals surface area (Å²) in [6.45, 7) is 27.4. The van der Waals surface area contributed by atoms with Crippen molar-refractivity contribution in [1.82, 2.24) is 8.97 Å². The maximum Gasteiger partial charge on any atom is 0.0628 e. The number of anilines is 6. The second kappa shape index (κ2) is 18.3. The molecule has 0 amide bonds. The van der Waals surface area contributed by atoms with Crippen LogP contribution in [-0.4, -0.2) is 8.97 Å². The molecule has 0 spiro atoms. The van der Waals surface area contributed by atoms with E-state index in [1.54, 1.807) is 0 Å². The fraction of sp³-hybridized carbons (Fsp3) is 0.205. The molecule has 0 saturated heterocycles. The van der Waals surface area contributed by atoms with Crippen LogP contribution in [0.15, 0.2) is 218 Å². The van der Waals surface area contributed by atoms with E-state index in [1.807, 2.05) is 0 Å². The van der Waals surface area contributed by atoms with Crippen LogP contribution in [0.4, 0.5) is 34.1 Å². The van der Waals surface area contributed by atoms with Gasteiger partial charge in [0.05, 0.1) is 27.6 Å². The summed E-state index contributed by atoms with van der Waals surface area (Å²) in [6.07, 6.45) is 0. The standard InChI is InChI=1S/C78H72N4/c1-75(2,3)53-24-34-58(35-25-53)79(59-36-26-54(27-37-59)76(4,5)6)62-32-22-49-44-65-66-48-71-72(64-20-16-17-21-68(64)81(71)57-18-14-13-15-19-57)73-67-45-50-23-33-63(43-52(50)47-70(67)82(74(66)73)69(65)46-51(49)42-62)80(60-38-28-55(29-39-60)77(7,8)9)61-40-30-56(31-41-61)78(10,11)12/h13-48H,1-12H3. The van der Waals surface area contributed by atoms with Crippen LogP contribution in [0.1, 0.15) is 105 Å². The smallest absolute Gasteiger partial charge is 0.0628 e. The number of para-hydroxylation sites is 2. The Morgan fingerprint density at radius 3 is 1.10 bits per heavy atom. The van der Waals surface area contributed by atoms with Crippen LogP contribution in [0.3, 0.4) is 0 Å². The minimum atomic E-state index is 0.0431. The Morgan fingerprint density at radius 1 is 0.268 bits per heavy atom. The van der Waals surface area contributed by atoms with E-state index >= 15 is 0 Å². The molecule has 0 N–H and O–H groups in total. The molecule has 0 bridgehead atoms. The zero-order valence-corrected chi connectivity index (χ0v) is 49.6. The molecular formula is C78H72N4. The van der Waals surface area contributed by atoms with E-state index in [1.165, 1.54) is 104 Å². The van der Waals surface area contributed by atoms with Crippen LogP contribution in [0.5, 0.6) is 0 Å². The first-order valence-electron chi connectivity index (χ1n) is 29.3. The third kappa shape index (κ3) is 8.40. The highest BCUT2D eigenvalue weighted by Gasteiger charge is 2.27. The van der Waals surface area contributed by atoms with Gasteiger partial charge in [0.15, 0.2) is 0 Å². The summed E-state index contributed by atoms with van der Waals surface area (Å²) < 4.78 is 5.08. The zero-order chi connectivity index (χ0) is 56.8. The number of nitrogens with zero attached hydrogens (tertiary/aromatic N) is 4. The van der Waals surface area contributed by atoms with Gasteiger partial charge in [-0.25, -0.2) is 0 Å². The Balaban J connectivity index is 1.03. The van der Waals surface area contributed by atoms with E-state index in [0.717, 1.165) is 39.8 Å². The van der Waals surface area contributed by atoms with Gasteiger partial charge in [0.1, 0.15) is 0 Å². The number of hydrogen-bond acceptors (Lipinski definition) is 2. The maximum absolute atomic E-state index is 2.60. The molecule has 4 nitrogen and oxygen atoms in total. The van der Waals surface area contributed by atoms with Gasteiger partial charge in [-0.15, -0.1) is 0 Å². The highest BCUT2D eigenvalue weighted by molar-refractivity contribution is 6.37. The predicted molar refractivity (Wildman–Crippen MR) is 355 cm³/mol. The largest absolute Gasteiger partial charge is 0.310 e. The van der Waals surface area contributed by atoms with Crippen molar-refractivity contribution < 1.29 is 0 Å². The zero-order valence-electron chi connectivity index (χ0n) is 49.6. The van der Waals surface area contributed by atoms with Crippen molar-refractivity contribution in [2.24, 2.45) is 0 Å². The molecule has 0 atom stereocenters. The summed E-state index contributed by atoms with van der Waals surface area (Å²) in [4.78, 5) is 4.85. The van der Waals surface area contributed by atoms with Gasteiger partial charge in [-0.3, -0.25) is 0 Å². The van der Waals surface area contributed by atoms with Gasteiger partial charge >= 0.3 is 0 Å². The third-order valence-corrected chi connectivity index (χ3v) is 17.6. The number of benzene rings is 11. The van der Waals surface area contributed by atoms with Gasteiger partial charge in [0.2, 0.25) is 0 Å². The van der Waals surface area contributed by atoms with Crippen LogP contribution in [0.25, 0.3) is 87.1 Å². The number of aromatic nitrogens is 2. The molecule has 0 aliphatic carbocycles. The Bertz CT molecular complexity index is 4660. The Labute approximate surface area is 482 Å². The topological polar surface area (TPSA) is 15.8 Å². The second-order valence-electron chi connectivity index (χ2n) is 27.2. The third-order valence-electron chi connectivity index (χ3n) is 17.6. The molecule has 14 rings (SSSR count). The van der Waals surface area contributed by atoms with Gasteiger partial charge < -0.3 is 18.8 Å². The van der Waals surface area contributed by atoms with Gasteiger partial charge in [-0.2, -0.15) is 0 Å². The highest BCUT2D eigenvalue weighted by Crippen LogP contribution is 2.50. The van der Waals surface area contributed by atoms with E-state index in [-0.39, 0.29) is 21.7 Å². The predicted octanol–water partition coefficient (Wildman–Crippen LogP) is 22.4. The molecule has 3 aromatic heterocycles. The van der Waals surface area contributed by atoms with E-state index < -0.39 is 0 Å². The van der Waals surface area contributed by atoms with Crippen molar-refractivity contribution in [2.75, 3.05) is 9.80 Å². The first kappa shape index (κ1) is 51.3. The first-order chi connectivity index (χ1) is 39.2. The van der Waals surface area contributed by atoms with Crippen LogP contribution in [-0.2, 0) is 21.7 Å². The van der Waals surface area contributed by atoms with E-state index in [4.69, 9.17) is 0 Å². The van der Waals surface area contributed by atoms with E-state index in [9.17, 15) is 0 Å². The molecule has 0 saturated carbocycles. The molecule has 82 heavy (non-hydrogen) atoms. The van der Waals surface area contributed by atoms with Crippen LogP contribution >= 0.6 is 0 Å². The SMILES string of the molecule is CC(C)(C)c1ccc(N(c2ccc(C(C)(C)C)cc2)c2ccc3cc4c5cc6c(c7ccccc7n6-c6ccccc6)c6c7cc8ccc(N(c9ccc(C(C)(C)C)cc9)c9ccc(C(C)(C)C)cc9)cc8cc7n(c4cc3c2)c56)cc1. The van der Waals surface area contributed by atoms with Crippen LogP contribution in [0.2, 0.25) is 0 Å². The summed E-state index contributed by atoms with van der Waals surface area (Å²) in [5.41, 5.74) is 19.5. The van der Waals surface area contributed by atoms with Gasteiger partial charge in [0.25, 0.3) is 0 Å². The molecule has 404 valence electrons. The Hall–Kier alpha value is -8.86.